The van der Waals surface area contributed by atoms with Crippen LogP contribution in [0.2, 0.25) is 0 Å². The van der Waals surface area contributed by atoms with E-state index in [0.29, 0.717) is 19.2 Å². The molecule has 0 saturated heterocycles. The first-order chi connectivity index (χ1) is 8.91. The van der Waals surface area contributed by atoms with Gasteiger partial charge in [-0.15, -0.1) is 24.0 Å². The highest BCUT2D eigenvalue weighted by molar-refractivity contribution is 14.0. The highest BCUT2D eigenvalue weighted by atomic mass is 127. The molecular formula is C14H30IN3O2. The minimum atomic E-state index is -0.0610. The van der Waals surface area contributed by atoms with Gasteiger partial charge in [-0.3, -0.25) is 4.99 Å². The van der Waals surface area contributed by atoms with Crippen molar-refractivity contribution in [2.75, 3.05) is 33.9 Å². The summed E-state index contributed by atoms with van der Waals surface area (Å²) in [6.45, 7) is 10.9. The molecule has 0 aromatic heterocycles. The van der Waals surface area contributed by atoms with Gasteiger partial charge in [0.25, 0.3) is 0 Å². The minimum Gasteiger partial charge on any atom is -0.383 e. The Morgan fingerprint density at radius 3 is 2.40 bits per heavy atom. The SMILES string of the molecule is CCNC(=NCCOC)NC1CC(C)(OC)C1(C)C.I. The number of ether oxygens (including phenoxy) is 2. The zero-order valence-electron chi connectivity index (χ0n) is 13.6. The fourth-order valence-corrected chi connectivity index (χ4v) is 2.46. The molecular weight excluding hydrogens is 369 g/mol. The van der Waals surface area contributed by atoms with Gasteiger partial charge in [0.2, 0.25) is 0 Å². The molecule has 0 aromatic carbocycles. The lowest BCUT2D eigenvalue weighted by Gasteiger charge is -2.59. The first kappa shape index (κ1) is 19.9. The van der Waals surface area contributed by atoms with Crippen molar-refractivity contribution in [3.8, 4) is 0 Å². The molecule has 2 N–H and O–H groups in total. The van der Waals surface area contributed by atoms with Crippen LogP contribution < -0.4 is 10.6 Å². The van der Waals surface area contributed by atoms with Crippen LogP contribution in [0.1, 0.15) is 34.1 Å². The van der Waals surface area contributed by atoms with Crippen LogP contribution in [0.4, 0.5) is 0 Å². The maximum atomic E-state index is 5.64. The Kier molecular flexibility index (Phi) is 8.35. The summed E-state index contributed by atoms with van der Waals surface area (Å²) in [5, 5.41) is 6.76. The monoisotopic (exact) mass is 399 g/mol. The van der Waals surface area contributed by atoms with Crippen molar-refractivity contribution < 1.29 is 9.47 Å². The molecule has 6 heteroatoms. The number of rotatable bonds is 6. The standard InChI is InChI=1S/C14H29N3O2.HI/c1-7-15-12(16-8-9-18-5)17-11-10-14(4,19-6)13(11,2)3;/h11H,7-10H2,1-6H3,(H2,15,16,17);1H. The molecule has 20 heavy (non-hydrogen) atoms. The van der Waals surface area contributed by atoms with Gasteiger partial charge in [-0.1, -0.05) is 13.8 Å². The first-order valence-electron chi connectivity index (χ1n) is 7.00. The van der Waals surface area contributed by atoms with Gasteiger partial charge in [0.1, 0.15) is 0 Å². The molecule has 0 aromatic rings. The molecule has 0 bridgehead atoms. The second kappa shape index (κ2) is 8.38. The predicted octanol–water partition coefficient (Wildman–Crippen LogP) is 2.01. The van der Waals surface area contributed by atoms with E-state index in [1.807, 2.05) is 0 Å². The number of aliphatic imine (C=N–C) groups is 1. The zero-order chi connectivity index (χ0) is 14.5. The number of hydrogen-bond donors (Lipinski definition) is 2. The number of nitrogens with one attached hydrogen (secondary N) is 2. The summed E-state index contributed by atoms with van der Waals surface area (Å²) in [4.78, 5) is 4.49. The Balaban J connectivity index is 0.00000361. The molecule has 0 aliphatic heterocycles. The molecule has 120 valence electrons. The third-order valence-electron chi connectivity index (χ3n) is 4.50. The number of hydrogen-bond acceptors (Lipinski definition) is 3. The smallest absolute Gasteiger partial charge is 0.191 e. The Labute approximate surface area is 140 Å². The molecule has 0 radical (unpaired) electrons. The van der Waals surface area contributed by atoms with Gasteiger partial charge >= 0.3 is 0 Å². The van der Waals surface area contributed by atoms with Crippen LogP contribution in [0.25, 0.3) is 0 Å². The summed E-state index contributed by atoms with van der Waals surface area (Å²) in [7, 11) is 3.48. The number of halogens is 1. The molecule has 1 fully saturated rings. The minimum absolute atomic E-state index is 0. The quantitative estimate of drug-likeness (QED) is 0.311. The normalized spacial score (nSPS) is 28.3. The van der Waals surface area contributed by atoms with Crippen molar-refractivity contribution in [3.05, 3.63) is 0 Å². The van der Waals surface area contributed by atoms with Crippen molar-refractivity contribution in [1.29, 1.82) is 0 Å². The van der Waals surface area contributed by atoms with E-state index < -0.39 is 0 Å². The topological polar surface area (TPSA) is 54.9 Å². The summed E-state index contributed by atoms with van der Waals surface area (Å²) in [6, 6.07) is 0.373. The van der Waals surface area contributed by atoms with E-state index in [-0.39, 0.29) is 35.0 Å². The lowest BCUT2D eigenvalue weighted by molar-refractivity contribution is -0.176. The second-order valence-electron chi connectivity index (χ2n) is 5.81. The zero-order valence-corrected chi connectivity index (χ0v) is 15.9. The van der Waals surface area contributed by atoms with Crippen LogP contribution in [0.5, 0.6) is 0 Å². The van der Waals surface area contributed by atoms with Crippen molar-refractivity contribution in [1.82, 2.24) is 10.6 Å². The van der Waals surface area contributed by atoms with Gasteiger partial charge in [0, 0.05) is 32.2 Å². The average Bonchev–Trinajstić information content (AvgIpc) is 2.38. The average molecular weight is 399 g/mol. The maximum absolute atomic E-state index is 5.64. The summed E-state index contributed by atoms with van der Waals surface area (Å²) >= 11 is 0. The summed E-state index contributed by atoms with van der Waals surface area (Å²) in [6.07, 6.45) is 0.991. The van der Waals surface area contributed by atoms with Gasteiger partial charge in [0.15, 0.2) is 5.96 Å². The van der Waals surface area contributed by atoms with E-state index in [2.05, 4.69) is 43.3 Å². The van der Waals surface area contributed by atoms with Crippen LogP contribution >= 0.6 is 24.0 Å². The molecule has 0 heterocycles. The van der Waals surface area contributed by atoms with Crippen LogP contribution in [0.3, 0.4) is 0 Å². The summed E-state index contributed by atoms with van der Waals surface area (Å²) < 4.78 is 10.7. The summed E-state index contributed by atoms with van der Waals surface area (Å²) in [5.41, 5.74) is 0.0215. The lowest BCUT2D eigenvalue weighted by Crippen LogP contribution is -2.69. The van der Waals surface area contributed by atoms with E-state index in [9.17, 15) is 0 Å². The van der Waals surface area contributed by atoms with Gasteiger partial charge in [-0.05, 0) is 20.3 Å². The molecule has 1 saturated carbocycles. The fraction of sp³-hybridized carbons (Fsp3) is 0.929. The fourth-order valence-electron chi connectivity index (χ4n) is 2.46. The molecule has 2 unspecified atom stereocenters. The van der Waals surface area contributed by atoms with Crippen LogP contribution in [0, 0.1) is 5.41 Å². The van der Waals surface area contributed by atoms with Gasteiger partial charge in [-0.2, -0.15) is 0 Å². The molecule has 1 aliphatic carbocycles. The molecule has 0 spiro atoms. The predicted molar refractivity (Wildman–Crippen MR) is 94.0 cm³/mol. The van der Waals surface area contributed by atoms with Gasteiger partial charge < -0.3 is 20.1 Å². The molecule has 2 atom stereocenters. The van der Waals surface area contributed by atoms with E-state index in [1.54, 1.807) is 14.2 Å². The third kappa shape index (κ3) is 4.21. The molecule has 1 rings (SSSR count). The Morgan fingerprint density at radius 1 is 1.30 bits per heavy atom. The Hall–Kier alpha value is -0.0800. The van der Waals surface area contributed by atoms with Gasteiger partial charge in [-0.25, -0.2) is 0 Å². The molecule has 0 amide bonds. The van der Waals surface area contributed by atoms with Crippen molar-refractivity contribution >= 4 is 29.9 Å². The molecule has 5 nitrogen and oxygen atoms in total. The Morgan fingerprint density at radius 2 is 1.95 bits per heavy atom. The van der Waals surface area contributed by atoms with E-state index in [0.717, 1.165) is 18.9 Å². The third-order valence-corrected chi connectivity index (χ3v) is 4.50. The van der Waals surface area contributed by atoms with E-state index in [4.69, 9.17) is 9.47 Å². The number of guanidine groups is 1. The maximum Gasteiger partial charge on any atom is 0.191 e. The lowest BCUT2D eigenvalue weighted by atomic mass is 9.56. The Bertz CT molecular complexity index is 324. The second-order valence-corrected chi connectivity index (χ2v) is 5.81. The highest BCUT2D eigenvalue weighted by Gasteiger charge is 2.57. The largest absolute Gasteiger partial charge is 0.383 e. The van der Waals surface area contributed by atoms with Crippen molar-refractivity contribution in [2.24, 2.45) is 10.4 Å². The van der Waals surface area contributed by atoms with Crippen LogP contribution in [-0.2, 0) is 9.47 Å². The van der Waals surface area contributed by atoms with Crippen LogP contribution in [0.15, 0.2) is 4.99 Å². The number of nitrogens with zero attached hydrogens (tertiary/aromatic N) is 1. The van der Waals surface area contributed by atoms with Gasteiger partial charge in [0.05, 0.1) is 18.8 Å². The van der Waals surface area contributed by atoms with E-state index >= 15 is 0 Å². The number of methoxy groups -OCH3 is 2. The van der Waals surface area contributed by atoms with E-state index in [1.165, 1.54) is 0 Å². The molecule has 1 aliphatic rings. The van der Waals surface area contributed by atoms with Crippen molar-refractivity contribution in [2.45, 2.75) is 45.8 Å². The summed E-state index contributed by atoms with van der Waals surface area (Å²) in [5.74, 6) is 0.857. The van der Waals surface area contributed by atoms with Crippen LogP contribution in [-0.4, -0.2) is 51.5 Å². The highest BCUT2D eigenvalue weighted by Crippen LogP contribution is 2.51. The van der Waals surface area contributed by atoms with Crippen molar-refractivity contribution in [3.63, 3.8) is 0 Å². The first-order valence-corrected chi connectivity index (χ1v) is 7.00.